The number of nitrogens with zero attached hydrogens (tertiary/aromatic N) is 5. The van der Waals surface area contributed by atoms with E-state index < -0.39 is 11.4 Å². The molecule has 0 saturated heterocycles. The third-order valence-corrected chi connectivity index (χ3v) is 5.49. The number of halogens is 1. The van der Waals surface area contributed by atoms with Gasteiger partial charge in [0.25, 0.3) is 5.91 Å². The molecule has 2 bridgehead atoms. The number of hydrogen-bond acceptors (Lipinski definition) is 6. The van der Waals surface area contributed by atoms with Crippen molar-refractivity contribution in [3.63, 3.8) is 0 Å². The van der Waals surface area contributed by atoms with Crippen LogP contribution in [0, 0.1) is 5.82 Å². The van der Waals surface area contributed by atoms with Crippen LogP contribution in [-0.2, 0) is 5.54 Å². The Balaban J connectivity index is 1.70. The average molecular weight is 382 g/mol. The summed E-state index contributed by atoms with van der Waals surface area (Å²) in [5.74, 6) is 0.372. The lowest BCUT2D eigenvalue weighted by Crippen LogP contribution is -2.35. The van der Waals surface area contributed by atoms with Crippen molar-refractivity contribution in [3.05, 3.63) is 47.7 Å². The molecule has 0 unspecified atom stereocenters. The smallest absolute Gasteiger partial charge is 0.256 e. The molecule has 1 N–H and O–H groups in total. The van der Waals surface area contributed by atoms with E-state index >= 15 is 0 Å². The van der Waals surface area contributed by atoms with Crippen LogP contribution in [0.3, 0.4) is 0 Å². The maximum absolute atomic E-state index is 14.1. The number of amides is 1. The monoisotopic (exact) mass is 382 g/mol. The zero-order chi connectivity index (χ0) is 19.5. The van der Waals surface area contributed by atoms with Gasteiger partial charge in [0, 0.05) is 18.8 Å². The number of hydrogen-bond donors (Lipinski definition) is 1. The second-order valence-corrected chi connectivity index (χ2v) is 7.35. The van der Waals surface area contributed by atoms with Crippen molar-refractivity contribution in [1.29, 1.82) is 0 Å². The van der Waals surface area contributed by atoms with Crippen molar-refractivity contribution in [2.75, 3.05) is 18.5 Å². The minimum Gasteiger partial charge on any atom is -0.473 e. The molecule has 1 aliphatic heterocycles. The van der Waals surface area contributed by atoms with E-state index in [9.17, 15) is 9.18 Å². The highest BCUT2D eigenvalue weighted by Crippen LogP contribution is 2.54. The fourth-order valence-corrected chi connectivity index (χ4v) is 3.75. The largest absolute Gasteiger partial charge is 0.473 e. The first-order chi connectivity index (χ1) is 13.5. The van der Waals surface area contributed by atoms with Crippen LogP contribution in [0.25, 0.3) is 5.65 Å². The van der Waals surface area contributed by atoms with E-state index in [4.69, 9.17) is 4.74 Å². The Hall–Kier alpha value is -3.23. The summed E-state index contributed by atoms with van der Waals surface area (Å²) in [5, 5.41) is 7.05. The summed E-state index contributed by atoms with van der Waals surface area (Å²) in [6.45, 7) is 2.11. The fraction of sp³-hybridized carbons (Fsp3) is 0.368. The molecule has 0 radical (unpaired) electrons. The van der Waals surface area contributed by atoms with Gasteiger partial charge in [-0.05, 0) is 31.9 Å². The van der Waals surface area contributed by atoms with Crippen molar-refractivity contribution in [3.8, 4) is 5.88 Å². The van der Waals surface area contributed by atoms with E-state index in [0.717, 1.165) is 19.0 Å². The van der Waals surface area contributed by atoms with Crippen molar-refractivity contribution >= 4 is 17.4 Å². The quantitative estimate of drug-likeness (QED) is 0.639. The summed E-state index contributed by atoms with van der Waals surface area (Å²) >= 11 is 0. The number of ether oxygens (including phenoxy) is 1. The predicted molar refractivity (Wildman–Crippen MR) is 98.9 cm³/mol. The Kier molecular flexibility index (Phi) is 3.55. The van der Waals surface area contributed by atoms with E-state index in [1.807, 2.05) is 24.9 Å². The first-order valence-corrected chi connectivity index (χ1v) is 9.17. The summed E-state index contributed by atoms with van der Waals surface area (Å²) in [7, 11) is 1.92. The number of anilines is 1. The summed E-state index contributed by atoms with van der Waals surface area (Å²) in [4.78, 5) is 23.5. The van der Waals surface area contributed by atoms with Crippen molar-refractivity contribution < 1.29 is 13.9 Å². The molecule has 4 heterocycles. The Morgan fingerprint density at radius 2 is 2.18 bits per heavy atom. The number of rotatable bonds is 0. The first kappa shape index (κ1) is 16.9. The van der Waals surface area contributed by atoms with E-state index in [-0.39, 0.29) is 18.6 Å². The van der Waals surface area contributed by atoms with Gasteiger partial charge in [-0.1, -0.05) is 0 Å². The number of nitrogens with one attached hydrogen (secondary N) is 1. The summed E-state index contributed by atoms with van der Waals surface area (Å²) < 4.78 is 21.6. The molecule has 2 aliphatic rings. The lowest BCUT2D eigenvalue weighted by Gasteiger charge is -2.31. The Bertz CT molecular complexity index is 1090. The van der Waals surface area contributed by atoms with Crippen LogP contribution in [0.4, 0.5) is 10.2 Å². The van der Waals surface area contributed by atoms with Crippen LogP contribution in [0.5, 0.6) is 5.88 Å². The molecule has 1 aliphatic carbocycles. The van der Waals surface area contributed by atoms with Gasteiger partial charge < -0.3 is 15.0 Å². The maximum Gasteiger partial charge on any atom is 0.256 e. The number of carbonyl (C=O) groups excluding carboxylic acids is 1. The third-order valence-electron chi connectivity index (χ3n) is 5.49. The van der Waals surface area contributed by atoms with Gasteiger partial charge in [0.2, 0.25) is 5.88 Å². The molecule has 144 valence electrons. The van der Waals surface area contributed by atoms with Crippen LogP contribution < -0.4 is 15.0 Å². The molecule has 5 rings (SSSR count). The van der Waals surface area contributed by atoms with Gasteiger partial charge in [-0.3, -0.25) is 4.79 Å². The van der Waals surface area contributed by atoms with Gasteiger partial charge in [-0.15, -0.1) is 0 Å². The Morgan fingerprint density at radius 1 is 1.36 bits per heavy atom. The second-order valence-electron chi connectivity index (χ2n) is 7.35. The number of fused-ring (bicyclic) bond motifs is 3. The molecular weight excluding hydrogens is 363 g/mol. The fourth-order valence-electron chi connectivity index (χ4n) is 3.75. The lowest BCUT2D eigenvalue weighted by molar-refractivity contribution is 0.0931. The second kappa shape index (κ2) is 5.88. The number of pyridine rings is 1. The Labute approximate surface area is 160 Å². The lowest BCUT2D eigenvalue weighted by atomic mass is 10.0. The van der Waals surface area contributed by atoms with Crippen molar-refractivity contribution in [2.24, 2.45) is 0 Å². The van der Waals surface area contributed by atoms with Crippen LogP contribution in [0.2, 0.25) is 0 Å². The first-order valence-electron chi connectivity index (χ1n) is 9.17. The van der Waals surface area contributed by atoms with E-state index in [0.29, 0.717) is 28.5 Å². The van der Waals surface area contributed by atoms with Crippen molar-refractivity contribution in [2.45, 2.75) is 31.4 Å². The zero-order valence-corrected chi connectivity index (χ0v) is 15.5. The maximum atomic E-state index is 14.1. The molecule has 1 amide bonds. The van der Waals surface area contributed by atoms with Gasteiger partial charge in [0.1, 0.15) is 23.3 Å². The summed E-state index contributed by atoms with van der Waals surface area (Å²) in [6, 6.07) is 3.32. The van der Waals surface area contributed by atoms with E-state index in [1.54, 1.807) is 10.7 Å². The average Bonchev–Trinajstić information content (AvgIpc) is 3.39. The van der Waals surface area contributed by atoms with Crippen molar-refractivity contribution in [1.82, 2.24) is 24.9 Å². The topological polar surface area (TPSA) is 84.7 Å². The summed E-state index contributed by atoms with van der Waals surface area (Å²) in [5.41, 5.74) is 1.13. The van der Waals surface area contributed by atoms with Gasteiger partial charge in [0.15, 0.2) is 5.65 Å². The molecule has 3 aromatic rings. The molecule has 3 aromatic heterocycles. The molecular formula is C19H19FN6O2. The SMILES string of the molecule is C[C@@H]1CNC(=O)c2cnn3ccc(nc23)N(C)C2(CC2)c2cc(F)cnc2O1. The third kappa shape index (κ3) is 2.49. The van der Waals surface area contributed by atoms with Gasteiger partial charge in [-0.2, -0.15) is 5.10 Å². The van der Waals surface area contributed by atoms with Gasteiger partial charge >= 0.3 is 0 Å². The highest BCUT2D eigenvalue weighted by molar-refractivity contribution is 5.99. The van der Waals surface area contributed by atoms with Crippen LogP contribution in [0.1, 0.15) is 35.7 Å². The number of carbonyl (C=O) groups is 1. The molecule has 28 heavy (non-hydrogen) atoms. The predicted octanol–water partition coefficient (Wildman–Crippen LogP) is 1.90. The molecule has 1 saturated carbocycles. The van der Waals surface area contributed by atoms with Gasteiger partial charge in [-0.25, -0.2) is 18.9 Å². The van der Waals surface area contributed by atoms with Crippen LogP contribution >= 0.6 is 0 Å². The van der Waals surface area contributed by atoms with E-state index in [2.05, 4.69) is 20.4 Å². The summed E-state index contributed by atoms with van der Waals surface area (Å²) in [6.07, 6.45) is 5.74. The molecule has 9 heteroatoms. The Morgan fingerprint density at radius 3 is 2.96 bits per heavy atom. The standard InChI is InChI=1S/C19H19FN6O2/c1-11-8-21-17(27)13-10-23-26-6-3-15(24-16(13)26)25(2)19(4-5-19)14-7-12(20)9-22-18(14)28-11/h3,6-7,9-11H,4-5,8H2,1-2H3,(H,21,27)/t11-/m1/s1. The van der Waals surface area contributed by atoms with Crippen LogP contribution in [-0.4, -0.2) is 45.2 Å². The van der Waals surface area contributed by atoms with E-state index in [1.165, 1.54) is 12.3 Å². The zero-order valence-electron chi connectivity index (χ0n) is 15.5. The highest BCUT2D eigenvalue weighted by atomic mass is 19.1. The molecule has 1 spiro atoms. The van der Waals surface area contributed by atoms with Crippen LogP contribution in [0.15, 0.2) is 30.7 Å². The normalized spacial score (nSPS) is 20.8. The molecule has 1 atom stereocenters. The highest BCUT2D eigenvalue weighted by Gasteiger charge is 2.51. The molecule has 0 aromatic carbocycles. The minimum atomic E-state index is -0.443. The van der Waals surface area contributed by atoms with Gasteiger partial charge in [0.05, 0.1) is 24.5 Å². The molecule has 1 fully saturated rings. The number of aromatic nitrogens is 4. The molecule has 8 nitrogen and oxygen atoms in total. The minimum absolute atomic E-state index is 0.273.